The molecule has 3 aliphatic heterocycles. The van der Waals surface area contributed by atoms with Gasteiger partial charge in [0.05, 0.1) is 0 Å². The molecule has 0 spiro atoms. The number of dihydropyridines is 1. The van der Waals surface area contributed by atoms with E-state index in [9.17, 15) is 18.4 Å². The Balaban J connectivity index is 1.41. The molecule has 31 heavy (non-hydrogen) atoms. The van der Waals surface area contributed by atoms with Crippen LogP contribution in [-0.2, 0) is 4.79 Å². The summed E-state index contributed by atoms with van der Waals surface area (Å²) in [7, 11) is 0. The molecule has 6 nitrogen and oxygen atoms in total. The number of nitrogens with one attached hydrogen (secondary N) is 2. The zero-order valence-electron chi connectivity index (χ0n) is 17.1. The van der Waals surface area contributed by atoms with Crippen molar-refractivity contribution in [3.63, 3.8) is 0 Å². The molecule has 0 saturated carbocycles. The van der Waals surface area contributed by atoms with Crippen molar-refractivity contribution in [2.24, 2.45) is 0 Å². The van der Waals surface area contributed by atoms with Crippen LogP contribution in [0.5, 0.6) is 0 Å². The number of halogens is 2. The number of hydrogen-bond donors (Lipinski definition) is 2. The third-order valence-corrected chi connectivity index (χ3v) is 6.32. The zero-order chi connectivity index (χ0) is 21.6. The molecule has 1 aromatic heterocycles. The molecular weight excluding hydrogens is 402 g/mol. The first-order chi connectivity index (χ1) is 14.9. The van der Waals surface area contributed by atoms with E-state index >= 15 is 0 Å². The van der Waals surface area contributed by atoms with Gasteiger partial charge in [-0.3, -0.25) is 9.59 Å². The molecular formula is C23H24F2N4O2. The predicted octanol–water partition coefficient (Wildman–Crippen LogP) is 3.13. The first kappa shape index (κ1) is 19.8. The van der Waals surface area contributed by atoms with Crippen molar-refractivity contribution in [1.29, 1.82) is 0 Å². The Morgan fingerprint density at radius 1 is 1.10 bits per heavy atom. The van der Waals surface area contributed by atoms with E-state index in [1.165, 1.54) is 4.90 Å². The first-order valence-corrected chi connectivity index (χ1v) is 10.6. The van der Waals surface area contributed by atoms with Gasteiger partial charge in [-0.05, 0) is 54.1 Å². The van der Waals surface area contributed by atoms with Crippen LogP contribution in [0, 0.1) is 0 Å². The minimum absolute atomic E-state index is 0.0947. The van der Waals surface area contributed by atoms with Gasteiger partial charge in [0.15, 0.2) is 0 Å². The van der Waals surface area contributed by atoms with Gasteiger partial charge in [0.2, 0.25) is 0 Å². The highest BCUT2D eigenvalue weighted by Crippen LogP contribution is 2.33. The fraction of sp³-hybridized carbons (Fsp3) is 0.391. The summed E-state index contributed by atoms with van der Waals surface area (Å²) < 4.78 is 26.9. The number of fused-ring (bicyclic) bond motifs is 1. The van der Waals surface area contributed by atoms with Gasteiger partial charge >= 0.3 is 0 Å². The normalized spacial score (nSPS) is 20.9. The number of likely N-dealkylation sites (tertiary alicyclic amines) is 1. The van der Waals surface area contributed by atoms with E-state index in [2.05, 4.69) is 15.2 Å². The molecule has 1 amide bonds. The van der Waals surface area contributed by atoms with Gasteiger partial charge in [-0.1, -0.05) is 0 Å². The molecule has 162 valence electrons. The van der Waals surface area contributed by atoms with Crippen LogP contribution in [0.15, 0.2) is 58.3 Å². The van der Waals surface area contributed by atoms with E-state index in [-0.39, 0.29) is 37.4 Å². The summed E-state index contributed by atoms with van der Waals surface area (Å²) in [5, 5.41) is 4.91. The molecule has 0 aliphatic carbocycles. The average Bonchev–Trinajstić information content (AvgIpc) is 2.78. The highest BCUT2D eigenvalue weighted by molar-refractivity contribution is 5.95. The summed E-state index contributed by atoms with van der Waals surface area (Å²) in [4.78, 5) is 31.3. The summed E-state index contributed by atoms with van der Waals surface area (Å²) >= 11 is 0. The number of anilines is 1. The van der Waals surface area contributed by atoms with Crippen LogP contribution in [-0.4, -0.2) is 47.9 Å². The summed E-state index contributed by atoms with van der Waals surface area (Å²) in [5.74, 6) is -1.85. The van der Waals surface area contributed by atoms with Crippen molar-refractivity contribution in [2.45, 2.75) is 31.6 Å². The maximum atomic E-state index is 13.4. The topological polar surface area (TPSA) is 68.4 Å². The molecule has 1 aromatic carbocycles. The Hall–Kier alpha value is -3.16. The highest BCUT2D eigenvalue weighted by atomic mass is 19.3. The molecule has 0 unspecified atom stereocenters. The fourth-order valence-electron chi connectivity index (χ4n) is 4.60. The number of aromatic nitrogens is 1. The van der Waals surface area contributed by atoms with E-state index in [0.717, 1.165) is 41.9 Å². The Kier molecular flexibility index (Phi) is 4.79. The number of H-pyrrole nitrogens is 1. The standard InChI is InChI=1S/C23H24F2N4O2/c24-23(25)6-10-28(11-7-23)22(31)17-12-16-2-1-9-29(20(16)27-14-17)18-3-4-19-15(13-18)5-8-26-21(19)30/h3-5,8,12-13,27H,1-2,6-7,9-11,14H2,(H,26,30). The maximum Gasteiger partial charge on any atom is 0.255 e. The zero-order valence-corrected chi connectivity index (χ0v) is 17.1. The minimum atomic E-state index is -2.67. The molecule has 5 rings (SSSR count). The van der Waals surface area contributed by atoms with Gasteiger partial charge in [-0.2, -0.15) is 0 Å². The minimum Gasteiger partial charge on any atom is -0.367 e. The van der Waals surface area contributed by atoms with Gasteiger partial charge < -0.3 is 20.1 Å². The van der Waals surface area contributed by atoms with Crippen molar-refractivity contribution in [1.82, 2.24) is 15.2 Å². The second-order valence-corrected chi connectivity index (χ2v) is 8.38. The number of rotatable bonds is 2. The SMILES string of the molecule is O=C(C1=CC2=C(NC1)N(c1ccc3c(=O)[nH]ccc3c1)CCC2)N1CCC(F)(F)CC1. The predicted molar refractivity (Wildman–Crippen MR) is 115 cm³/mol. The first-order valence-electron chi connectivity index (χ1n) is 10.6. The molecule has 2 N–H and O–H groups in total. The second kappa shape index (κ2) is 7.51. The van der Waals surface area contributed by atoms with Gasteiger partial charge in [0.25, 0.3) is 17.4 Å². The molecule has 4 heterocycles. The molecule has 0 atom stereocenters. The van der Waals surface area contributed by atoms with Crippen molar-refractivity contribution in [2.75, 3.05) is 31.1 Å². The van der Waals surface area contributed by atoms with E-state index in [1.54, 1.807) is 6.20 Å². The van der Waals surface area contributed by atoms with Gasteiger partial charge in [-0.25, -0.2) is 8.78 Å². The number of aromatic amines is 1. The van der Waals surface area contributed by atoms with E-state index in [4.69, 9.17) is 0 Å². The van der Waals surface area contributed by atoms with Crippen LogP contribution in [0.2, 0.25) is 0 Å². The quantitative estimate of drug-likeness (QED) is 0.774. The van der Waals surface area contributed by atoms with Crippen molar-refractivity contribution < 1.29 is 13.6 Å². The number of hydrogen-bond acceptors (Lipinski definition) is 4. The lowest BCUT2D eigenvalue weighted by atomic mass is 9.97. The number of nitrogens with zero attached hydrogens (tertiary/aromatic N) is 2. The maximum absolute atomic E-state index is 13.4. The van der Waals surface area contributed by atoms with Crippen LogP contribution in [0.4, 0.5) is 14.5 Å². The van der Waals surface area contributed by atoms with Crippen LogP contribution >= 0.6 is 0 Å². The van der Waals surface area contributed by atoms with Gasteiger partial charge in [0, 0.05) is 61.9 Å². The third-order valence-electron chi connectivity index (χ3n) is 6.32. The molecule has 1 saturated heterocycles. The third kappa shape index (κ3) is 3.71. The summed E-state index contributed by atoms with van der Waals surface area (Å²) in [6.45, 7) is 1.39. The monoisotopic (exact) mass is 426 g/mol. The van der Waals surface area contributed by atoms with E-state index in [0.29, 0.717) is 17.5 Å². The van der Waals surface area contributed by atoms with Crippen molar-refractivity contribution >= 4 is 22.4 Å². The molecule has 8 heteroatoms. The molecule has 2 aromatic rings. The average molecular weight is 426 g/mol. The van der Waals surface area contributed by atoms with E-state index in [1.807, 2.05) is 30.3 Å². The largest absolute Gasteiger partial charge is 0.367 e. The Bertz CT molecular complexity index is 1160. The molecule has 1 fully saturated rings. The van der Waals surface area contributed by atoms with Gasteiger partial charge in [-0.15, -0.1) is 0 Å². The molecule has 0 bridgehead atoms. The smallest absolute Gasteiger partial charge is 0.255 e. The molecule has 3 aliphatic rings. The van der Waals surface area contributed by atoms with E-state index < -0.39 is 5.92 Å². The number of alkyl halides is 2. The lowest BCUT2D eigenvalue weighted by molar-refractivity contribution is -0.133. The summed E-state index contributed by atoms with van der Waals surface area (Å²) in [6.07, 6.45) is 4.81. The van der Waals surface area contributed by atoms with Crippen LogP contribution in [0.1, 0.15) is 25.7 Å². The lowest BCUT2D eigenvalue weighted by Crippen LogP contribution is -2.46. The fourth-order valence-corrected chi connectivity index (χ4v) is 4.60. The molecule has 0 radical (unpaired) electrons. The number of allylic oxidation sites excluding steroid dienone is 2. The van der Waals surface area contributed by atoms with Crippen LogP contribution in [0.25, 0.3) is 10.8 Å². The Morgan fingerprint density at radius 2 is 1.90 bits per heavy atom. The number of amides is 1. The number of carbonyl (C=O) groups excluding carboxylic acids is 1. The lowest BCUT2D eigenvalue weighted by Gasteiger charge is -2.37. The number of carbonyl (C=O) groups is 1. The van der Waals surface area contributed by atoms with Crippen LogP contribution < -0.4 is 15.8 Å². The Morgan fingerprint density at radius 3 is 2.71 bits per heavy atom. The van der Waals surface area contributed by atoms with Gasteiger partial charge in [0.1, 0.15) is 5.82 Å². The van der Waals surface area contributed by atoms with Crippen molar-refractivity contribution in [3.8, 4) is 0 Å². The number of pyridine rings is 1. The number of benzene rings is 1. The highest BCUT2D eigenvalue weighted by Gasteiger charge is 2.36. The van der Waals surface area contributed by atoms with Crippen molar-refractivity contribution in [3.05, 3.63) is 63.9 Å². The number of piperidine rings is 1. The van der Waals surface area contributed by atoms with Crippen LogP contribution in [0.3, 0.4) is 0 Å². The summed E-state index contributed by atoms with van der Waals surface area (Å²) in [6, 6.07) is 7.65. The Labute approximate surface area is 178 Å². The summed E-state index contributed by atoms with van der Waals surface area (Å²) in [5.41, 5.74) is 2.55. The second-order valence-electron chi connectivity index (χ2n) is 8.38.